The van der Waals surface area contributed by atoms with Crippen LogP contribution in [0.25, 0.3) is 0 Å². The molecule has 1 atom stereocenters. The van der Waals surface area contributed by atoms with E-state index >= 15 is 0 Å². The second-order valence-electron chi connectivity index (χ2n) is 4.54. The molecule has 0 aliphatic rings. The third kappa shape index (κ3) is 3.34. The van der Waals surface area contributed by atoms with Crippen LogP contribution in [0.15, 0.2) is 45.8 Å². The number of benzene rings is 2. The lowest BCUT2D eigenvalue weighted by Crippen LogP contribution is -2.28. The van der Waals surface area contributed by atoms with Crippen LogP contribution in [0.5, 0.6) is 0 Å². The van der Waals surface area contributed by atoms with Gasteiger partial charge in [0.05, 0.1) is 0 Å². The standard InChI is InChI=1S/C14H11BrF3NO2S/c1-8(9-4-2-3-5-10(9)15)19-22(20,21)12-7-6-11(16)13(17)14(12)18/h2-8,19H,1H3/t8-/m1/s1. The lowest BCUT2D eigenvalue weighted by molar-refractivity contribution is 0.431. The number of hydrogen-bond donors (Lipinski definition) is 1. The van der Waals surface area contributed by atoms with Crippen LogP contribution < -0.4 is 4.72 Å². The Kier molecular flexibility index (Phi) is 4.93. The van der Waals surface area contributed by atoms with Crippen LogP contribution in [0, 0.1) is 17.5 Å². The Bertz CT molecular complexity index is 812. The zero-order chi connectivity index (χ0) is 16.5. The van der Waals surface area contributed by atoms with Crippen molar-refractivity contribution in [2.45, 2.75) is 17.9 Å². The fraction of sp³-hybridized carbons (Fsp3) is 0.143. The molecule has 3 nitrogen and oxygen atoms in total. The van der Waals surface area contributed by atoms with Gasteiger partial charge in [0.15, 0.2) is 17.5 Å². The maximum absolute atomic E-state index is 13.6. The highest BCUT2D eigenvalue weighted by molar-refractivity contribution is 9.10. The summed E-state index contributed by atoms with van der Waals surface area (Å²) >= 11 is 3.28. The molecule has 0 saturated carbocycles. The molecule has 0 bridgehead atoms. The van der Waals surface area contributed by atoms with Gasteiger partial charge in [-0.15, -0.1) is 0 Å². The average Bonchev–Trinajstić information content (AvgIpc) is 2.44. The van der Waals surface area contributed by atoms with E-state index in [0.717, 1.165) is 0 Å². The van der Waals surface area contributed by atoms with E-state index in [1.807, 2.05) is 0 Å². The molecule has 0 aliphatic heterocycles. The van der Waals surface area contributed by atoms with E-state index in [1.165, 1.54) is 0 Å². The molecule has 2 aromatic carbocycles. The fourth-order valence-corrected chi connectivity index (χ4v) is 3.82. The van der Waals surface area contributed by atoms with Crippen LogP contribution in [0.4, 0.5) is 13.2 Å². The van der Waals surface area contributed by atoms with Crippen molar-refractivity contribution in [3.8, 4) is 0 Å². The van der Waals surface area contributed by atoms with Crippen molar-refractivity contribution in [3.63, 3.8) is 0 Å². The Hall–Kier alpha value is -1.38. The molecule has 0 radical (unpaired) electrons. The lowest BCUT2D eigenvalue weighted by atomic mass is 10.1. The average molecular weight is 394 g/mol. The van der Waals surface area contributed by atoms with Gasteiger partial charge in [-0.1, -0.05) is 34.1 Å². The maximum atomic E-state index is 13.6. The smallest absolute Gasteiger partial charge is 0.207 e. The minimum atomic E-state index is -4.35. The first-order valence-electron chi connectivity index (χ1n) is 6.14. The highest BCUT2D eigenvalue weighted by atomic mass is 79.9. The van der Waals surface area contributed by atoms with Crippen molar-refractivity contribution in [2.75, 3.05) is 0 Å². The zero-order valence-corrected chi connectivity index (χ0v) is 13.7. The summed E-state index contributed by atoms with van der Waals surface area (Å²) in [5.74, 6) is -5.02. The number of halogens is 4. The molecule has 0 aliphatic carbocycles. The fourth-order valence-electron chi connectivity index (χ4n) is 1.90. The van der Waals surface area contributed by atoms with Crippen molar-refractivity contribution < 1.29 is 21.6 Å². The van der Waals surface area contributed by atoms with Crippen molar-refractivity contribution >= 4 is 26.0 Å². The van der Waals surface area contributed by atoms with Gasteiger partial charge in [-0.2, -0.15) is 0 Å². The third-order valence-corrected chi connectivity index (χ3v) is 5.27. The van der Waals surface area contributed by atoms with Crippen molar-refractivity contribution in [1.82, 2.24) is 4.72 Å². The molecule has 0 unspecified atom stereocenters. The molecular formula is C14H11BrF3NO2S. The van der Waals surface area contributed by atoms with E-state index < -0.39 is 38.4 Å². The first-order valence-corrected chi connectivity index (χ1v) is 8.42. The summed E-state index contributed by atoms with van der Waals surface area (Å²) in [6.07, 6.45) is 0. The molecule has 1 N–H and O–H groups in total. The number of sulfonamides is 1. The summed E-state index contributed by atoms with van der Waals surface area (Å²) in [7, 11) is -4.35. The van der Waals surface area contributed by atoms with Gasteiger partial charge in [0.25, 0.3) is 0 Å². The quantitative estimate of drug-likeness (QED) is 0.800. The Balaban J connectivity index is 2.37. The van der Waals surface area contributed by atoms with E-state index in [0.29, 0.717) is 22.2 Å². The minimum absolute atomic E-state index is 0.566. The largest absolute Gasteiger partial charge is 0.244 e. The summed E-state index contributed by atoms with van der Waals surface area (Å²) < 4.78 is 66.9. The first kappa shape index (κ1) is 17.0. The molecule has 0 fully saturated rings. The minimum Gasteiger partial charge on any atom is -0.207 e. The van der Waals surface area contributed by atoms with E-state index in [4.69, 9.17) is 0 Å². The molecule has 2 aromatic rings. The summed E-state index contributed by atoms with van der Waals surface area (Å²) in [4.78, 5) is -0.940. The normalized spacial score (nSPS) is 13.1. The first-order chi connectivity index (χ1) is 10.2. The Labute approximate surface area is 134 Å². The van der Waals surface area contributed by atoms with Gasteiger partial charge in [-0.3, -0.25) is 0 Å². The van der Waals surface area contributed by atoms with Crippen molar-refractivity contribution in [3.05, 3.63) is 63.9 Å². The molecule has 0 saturated heterocycles. The molecule has 0 heterocycles. The van der Waals surface area contributed by atoms with Crippen LogP contribution in [0.1, 0.15) is 18.5 Å². The highest BCUT2D eigenvalue weighted by Gasteiger charge is 2.26. The second kappa shape index (κ2) is 6.39. The SMILES string of the molecule is C[C@@H](NS(=O)(=O)c1ccc(F)c(F)c1F)c1ccccc1Br. The van der Waals surface area contributed by atoms with Gasteiger partial charge in [0, 0.05) is 10.5 Å². The predicted octanol–water partition coefficient (Wildman–Crippen LogP) is 3.91. The van der Waals surface area contributed by atoms with Crippen molar-refractivity contribution in [1.29, 1.82) is 0 Å². The summed E-state index contributed by atoms with van der Waals surface area (Å²) in [5, 5.41) is 0. The van der Waals surface area contributed by atoms with E-state index in [1.54, 1.807) is 31.2 Å². The van der Waals surface area contributed by atoms with Gasteiger partial charge >= 0.3 is 0 Å². The van der Waals surface area contributed by atoms with E-state index in [-0.39, 0.29) is 0 Å². The molecule has 22 heavy (non-hydrogen) atoms. The maximum Gasteiger partial charge on any atom is 0.244 e. The molecule has 0 spiro atoms. The van der Waals surface area contributed by atoms with Gasteiger partial charge in [0.2, 0.25) is 10.0 Å². The van der Waals surface area contributed by atoms with Gasteiger partial charge in [-0.05, 0) is 30.7 Å². The molecule has 8 heteroatoms. The van der Waals surface area contributed by atoms with E-state index in [2.05, 4.69) is 20.7 Å². The highest BCUT2D eigenvalue weighted by Crippen LogP contribution is 2.26. The van der Waals surface area contributed by atoms with Crippen LogP contribution in [0.2, 0.25) is 0 Å². The van der Waals surface area contributed by atoms with Crippen molar-refractivity contribution in [2.24, 2.45) is 0 Å². The summed E-state index contributed by atoms with van der Waals surface area (Å²) in [6.45, 7) is 1.55. The summed E-state index contributed by atoms with van der Waals surface area (Å²) in [6, 6.07) is 7.41. The Morgan fingerprint density at radius 1 is 1.05 bits per heavy atom. The molecule has 0 amide bonds. The van der Waals surface area contributed by atoms with Gasteiger partial charge < -0.3 is 0 Å². The Morgan fingerprint density at radius 2 is 1.68 bits per heavy atom. The van der Waals surface area contributed by atoms with Crippen LogP contribution in [0.3, 0.4) is 0 Å². The molecular weight excluding hydrogens is 383 g/mol. The summed E-state index contributed by atoms with van der Waals surface area (Å²) in [5.41, 5.74) is 0.620. The zero-order valence-electron chi connectivity index (χ0n) is 11.3. The van der Waals surface area contributed by atoms with E-state index in [9.17, 15) is 21.6 Å². The second-order valence-corrected chi connectivity index (χ2v) is 7.07. The topological polar surface area (TPSA) is 46.2 Å². The van der Waals surface area contributed by atoms with Gasteiger partial charge in [-0.25, -0.2) is 26.3 Å². The third-order valence-electron chi connectivity index (χ3n) is 2.99. The lowest BCUT2D eigenvalue weighted by Gasteiger charge is -2.16. The number of rotatable bonds is 4. The van der Waals surface area contributed by atoms with Gasteiger partial charge in [0.1, 0.15) is 4.90 Å². The van der Waals surface area contributed by atoms with Crippen LogP contribution >= 0.6 is 15.9 Å². The number of nitrogens with one attached hydrogen (secondary N) is 1. The number of hydrogen-bond acceptors (Lipinski definition) is 2. The van der Waals surface area contributed by atoms with Crippen LogP contribution in [-0.2, 0) is 10.0 Å². The molecule has 0 aromatic heterocycles. The monoisotopic (exact) mass is 393 g/mol. The van der Waals surface area contributed by atoms with Crippen LogP contribution in [-0.4, -0.2) is 8.42 Å². The molecule has 2 rings (SSSR count). The predicted molar refractivity (Wildman–Crippen MR) is 79.2 cm³/mol. The Morgan fingerprint density at radius 3 is 2.32 bits per heavy atom. The molecule has 118 valence electrons.